The molecule has 0 saturated carbocycles. The van der Waals surface area contributed by atoms with Crippen LogP contribution >= 0.6 is 0 Å². The highest BCUT2D eigenvalue weighted by Crippen LogP contribution is 2.29. The summed E-state index contributed by atoms with van der Waals surface area (Å²) in [6.07, 6.45) is 2.76. The molecular formula is C21H25NO4S. The van der Waals surface area contributed by atoms with Crippen molar-refractivity contribution in [3.8, 4) is 5.75 Å². The van der Waals surface area contributed by atoms with E-state index in [1.54, 1.807) is 23.1 Å². The first-order chi connectivity index (χ1) is 12.8. The first kappa shape index (κ1) is 19.4. The van der Waals surface area contributed by atoms with Crippen LogP contribution in [0.15, 0.2) is 47.4 Å². The van der Waals surface area contributed by atoms with Crippen LogP contribution in [0.25, 0.3) is 0 Å². The van der Waals surface area contributed by atoms with Crippen LogP contribution in [0.2, 0.25) is 0 Å². The van der Waals surface area contributed by atoms with Crippen LogP contribution < -0.4 is 9.64 Å². The van der Waals surface area contributed by atoms with Gasteiger partial charge in [0, 0.05) is 18.5 Å². The molecule has 144 valence electrons. The summed E-state index contributed by atoms with van der Waals surface area (Å²) in [6, 6.07) is 12.7. The van der Waals surface area contributed by atoms with Crippen LogP contribution in [0.3, 0.4) is 0 Å². The van der Waals surface area contributed by atoms with Gasteiger partial charge in [-0.2, -0.15) is 0 Å². The number of aryl methyl sites for hydroxylation is 1. The maximum atomic E-state index is 12.7. The summed E-state index contributed by atoms with van der Waals surface area (Å²) in [5.74, 6) is 0.982. The topological polar surface area (TPSA) is 63.7 Å². The number of ether oxygens (including phenoxy) is 1. The van der Waals surface area contributed by atoms with Crippen LogP contribution in [-0.4, -0.2) is 33.7 Å². The van der Waals surface area contributed by atoms with Crippen molar-refractivity contribution in [2.75, 3.05) is 24.3 Å². The van der Waals surface area contributed by atoms with Crippen LogP contribution in [0.5, 0.6) is 5.75 Å². The minimum Gasteiger partial charge on any atom is -0.484 e. The molecule has 0 N–H and O–H groups in total. The lowest BCUT2D eigenvalue weighted by molar-refractivity contribution is -0.120. The molecule has 0 aromatic heterocycles. The highest BCUT2D eigenvalue weighted by molar-refractivity contribution is 7.90. The number of sulfone groups is 1. The van der Waals surface area contributed by atoms with E-state index in [9.17, 15) is 13.2 Å². The minimum absolute atomic E-state index is 0.0473. The van der Waals surface area contributed by atoms with Gasteiger partial charge in [-0.15, -0.1) is 0 Å². The predicted molar refractivity (Wildman–Crippen MR) is 106 cm³/mol. The Kier molecular flexibility index (Phi) is 5.56. The molecule has 1 aliphatic rings. The molecule has 0 atom stereocenters. The summed E-state index contributed by atoms with van der Waals surface area (Å²) < 4.78 is 29.2. The summed E-state index contributed by atoms with van der Waals surface area (Å²) in [5, 5.41) is 0. The van der Waals surface area contributed by atoms with Gasteiger partial charge in [-0.25, -0.2) is 8.42 Å². The zero-order valence-electron chi connectivity index (χ0n) is 15.9. The van der Waals surface area contributed by atoms with E-state index >= 15 is 0 Å². The first-order valence-electron chi connectivity index (χ1n) is 9.12. The summed E-state index contributed by atoms with van der Waals surface area (Å²) in [5.41, 5.74) is 2.89. The standard InChI is InChI=1S/C21H25NO4S/c1-15(2)16-6-8-18(9-7-16)26-14-21(23)22-12-4-5-17-13-19(27(3,24)25)10-11-20(17)22/h6-11,13,15H,4-5,12,14H2,1-3H3. The average molecular weight is 388 g/mol. The van der Waals surface area contributed by atoms with Crippen LogP contribution in [0.4, 0.5) is 5.69 Å². The van der Waals surface area contributed by atoms with Crippen molar-refractivity contribution in [1.82, 2.24) is 0 Å². The van der Waals surface area contributed by atoms with Crippen LogP contribution in [0.1, 0.15) is 37.3 Å². The summed E-state index contributed by atoms with van der Waals surface area (Å²) in [4.78, 5) is 14.7. The largest absolute Gasteiger partial charge is 0.484 e. The van der Waals surface area contributed by atoms with E-state index in [0.717, 1.165) is 24.1 Å². The van der Waals surface area contributed by atoms with Gasteiger partial charge in [-0.3, -0.25) is 4.79 Å². The molecule has 0 spiro atoms. The number of hydrogen-bond donors (Lipinski definition) is 0. The smallest absolute Gasteiger partial charge is 0.264 e. The highest BCUT2D eigenvalue weighted by atomic mass is 32.2. The van der Waals surface area contributed by atoms with Gasteiger partial charge in [-0.1, -0.05) is 26.0 Å². The fourth-order valence-electron chi connectivity index (χ4n) is 3.24. The minimum atomic E-state index is -3.26. The lowest BCUT2D eigenvalue weighted by Gasteiger charge is -2.29. The molecule has 0 saturated heterocycles. The fourth-order valence-corrected chi connectivity index (χ4v) is 3.91. The Morgan fingerprint density at radius 1 is 1.15 bits per heavy atom. The van der Waals surface area contributed by atoms with Gasteiger partial charge in [-0.05, 0) is 60.2 Å². The van der Waals surface area contributed by atoms with E-state index in [-0.39, 0.29) is 17.4 Å². The third-order valence-corrected chi connectivity index (χ3v) is 5.92. The molecule has 27 heavy (non-hydrogen) atoms. The Balaban J connectivity index is 1.71. The van der Waals surface area contributed by atoms with Crippen LogP contribution in [-0.2, 0) is 21.1 Å². The van der Waals surface area contributed by atoms with E-state index in [0.29, 0.717) is 18.2 Å². The van der Waals surface area contributed by atoms with E-state index in [2.05, 4.69) is 13.8 Å². The molecule has 1 heterocycles. The highest BCUT2D eigenvalue weighted by Gasteiger charge is 2.24. The monoisotopic (exact) mass is 387 g/mol. The van der Waals surface area contributed by atoms with Crippen molar-refractivity contribution in [2.45, 2.75) is 37.5 Å². The van der Waals surface area contributed by atoms with E-state index in [1.807, 2.05) is 24.3 Å². The molecule has 6 heteroatoms. The van der Waals surface area contributed by atoms with Crippen molar-refractivity contribution >= 4 is 21.4 Å². The van der Waals surface area contributed by atoms with Gasteiger partial charge in [0.05, 0.1) is 4.90 Å². The Hall–Kier alpha value is -2.34. The Labute approximate surface area is 160 Å². The predicted octanol–water partition coefficient (Wildman–Crippen LogP) is 3.57. The Morgan fingerprint density at radius 2 is 1.85 bits per heavy atom. The molecule has 5 nitrogen and oxygen atoms in total. The van der Waals surface area contributed by atoms with E-state index < -0.39 is 9.84 Å². The lowest BCUT2D eigenvalue weighted by Crippen LogP contribution is -2.38. The second kappa shape index (κ2) is 7.72. The Bertz CT molecular complexity index is 933. The Morgan fingerprint density at radius 3 is 2.48 bits per heavy atom. The zero-order chi connectivity index (χ0) is 19.6. The number of benzene rings is 2. The van der Waals surface area contributed by atoms with Gasteiger partial charge in [0.1, 0.15) is 5.75 Å². The summed E-state index contributed by atoms with van der Waals surface area (Å²) in [7, 11) is -3.26. The second-order valence-corrected chi connectivity index (χ2v) is 9.24. The van der Waals surface area contributed by atoms with Gasteiger partial charge < -0.3 is 9.64 Å². The number of amides is 1. The van der Waals surface area contributed by atoms with Crippen molar-refractivity contribution in [3.63, 3.8) is 0 Å². The molecule has 0 radical (unpaired) electrons. The maximum absolute atomic E-state index is 12.7. The van der Waals surface area contributed by atoms with Crippen molar-refractivity contribution in [1.29, 1.82) is 0 Å². The van der Waals surface area contributed by atoms with Crippen molar-refractivity contribution < 1.29 is 17.9 Å². The number of carbonyl (C=O) groups is 1. The average Bonchev–Trinajstić information content (AvgIpc) is 2.64. The number of carbonyl (C=O) groups excluding carboxylic acids is 1. The SMILES string of the molecule is CC(C)c1ccc(OCC(=O)N2CCCc3cc(S(C)(=O)=O)ccc32)cc1. The second-order valence-electron chi connectivity index (χ2n) is 7.22. The summed E-state index contributed by atoms with van der Waals surface area (Å²) >= 11 is 0. The molecular weight excluding hydrogens is 362 g/mol. The van der Waals surface area contributed by atoms with Gasteiger partial charge in [0.2, 0.25) is 0 Å². The molecule has 1 amide bonds. The maximum Gasteiger partial charge on any atom is 0.264 e. The number of nitrogens with zero attached hydrogens (tertiary/aromatic N) is 1. The van der Waals surface area contributed by atoms with E-state index in [4.69, 9.17) is 4.74 Å². The third kappa shape index (κ3) is 4.50. The molecule has 2 aromatic rings. The van der Waals surface area contributed by atoms with Gasteiger partial charge in [0.25, 0.3) is 5.91 Å². The number of rotatable bonds is 5. The molecule has 0 unspecified atom stereocenters. The van der Waals surface area contributed by atoms with Crippen LogP contribution in [0, 0.1) is 0 Å². The molecule has 3 rings (SSSR count). The fraction of sp³-hybridized carbons (Fsp3) is 0.381. The molecule has 0 aliphatic carbocycles. The number of anilines is 1. The molecule has 2 aromatic carbocycles. The van der Waals surface area contributed by atoms with Gasteiger partial charge >= 0.3 is 0 Å². The quantitative estimate of drug-likeness (QED) is 0.787. The molecule has 0 bridgehead atoms. The lowest BCUT2D eigenvalue weighted by atomic mass is 10.0. The van der Waals surface area contributed by atoms with E-state index in [1.165, 1.54) is 11.8 Å². The third-order valence-electron chi connectivity index (χ3n) is 4.81. The molecule has 0 fully saturated rings. The van der Waals surface area contributed by atoms with Gasteiger partial charge in [0.15, 0.2) is 16.4 Å². The number of fused-ring (bicyclic) bond motifs is 1. The zero-order valence-corrected chi connectivity index (χ0v) is 16.8. The number of hydrogen-bond acceptors (Lipinski definition) is 4. The van der Waals surface area contributed by atoms with Crippen molar-refractivity contribution in [2.24, 2.45) is 0 Å². The van der Waals surface area contributed by atoms with Crippen molar-refractivity contribution in [3.05, 3.63) is 53.6 Å². The first-order valence-corrected chi connectivity index (χ1v) is 11.0. The molecule has 1 aliphatic heterocycles. The summed E-state index contributed by atoms with van der Waals surface area (Å²) in [6.45, 7) is 4.82. The normalized spacial score (nSPS) is 14.1.